The van der Waals surface area contributed by atoms with Crippen LogP contribution in [0, 0.1) is 0 Å². The van der Waals surface area contributed by atoms with E-state index in [0.717, 1.165) is 16.4 Å². The maximum atomic E-state index is 12.1. The van der Waals surface area contributed by atoms with Gasteiger partial charge in [-0.15, -0.1) is 0 Å². The first-order valence-corrected chi connectivity index (χ1v) is 7.50. The highest BCUT2D eigenvalue weighted by Gasteiger charge is 2.36. The fourth-order valence-electron chi connectivity index (χ4n) is 1.41. The molecule has 19 heavy (non-hydrogen) atoms. The van der Waals surface area contributed by atoms with Gasteiger partial charge in [-0.1, -0.05) is 58.0 Å². The predicted molar refractivity (Wildman–Crippen MR) is 82.1 cm³/mol. The van der Waals surface area contributed by atoms with Crippen molar-refractivity contribution in [3.63, 3.8) is 0 Å². The molecule has 2 amide bonds. The number of benzene rings is 1. The van der Waals surface area contributed by atoms with E-state index in [1.165, 1.54) is 4.90 Å². The van der Waals surface area contributed by atoms with Crippen LogP contribution in [0.25, 0.3) is 0 Å². The van der Waals surface area contributed by atoms with Gasteiger partial charge in [-0.25, -0.2) is 4.79 Å². The largest absolute Gasteiger partial charge is 0.350 e. The van der Waals surface area contributed by atoms with Crippen molar-refractivity contribution in [1.29, 1.82) is 0 Å². The molecule has 1 aromatic carbocycles. The van der Waals surface area contributed by atoms with E-state index >= 15 is 0 Å². The van der Waals surface area contributed by atoms with Gasteiger partial charge in [0.2, 0.25) is 0 Å². The Kier molecular flexibility index (Phi) is 4.88. The molecule has 1 aliphatic heterocycles. The van der Waals surface area contributed by atoms with Crippen molar-refractivity contribution in [2.45, 2.75) is 3.12 Å². The second-order valence-electron chi connectivity index (χ2n) is 3.46. The monoisotopic (exact) mass is 379 g/mol. The highest BCUT2D eigenvalue weighted by atomic mass is 35.6. The lowest BCUT2D eigenvalue weighted by Crippen LogP contribution is -2.31. The lowest BCUT2D eigenvalue weighted by atomic mass is 10.3. The molecule has 1 aliphatic rings. The Morgan fingerprint density at radius 1 is 1.21 bits per heavy atom. The number of rotatable bonds is 2. The van der Waals surface area contributed by atoms with Gasteiger partial charge in [0.25, 0.3) is 3.12 Å². The van der Waals surface area contributed by atoms with Crippen LogP contribution in [0.15, 0.2) is 18.2 Å². The topological polar surface area (TPSA) is 35.6 Å². The first-order valence-electron chi connectivity index (χ1n) is 4.84. The third kappa shape index (κ3) is 3.88. The second kappa shape index (κ2) is 5.93. The zero-order valence-electron chi connectivity index (χ0n) is 9.04. The van der Waals surface area contributed by atoms with Crippen LogP contribution >= 0.6 is 70.0 Å². The highest BCUT2D eigenvalue weighted by Crippen LogP contribution is 2.41. The molecule has 1 heterocycles. The molecule has 0 saturated carbocycles. The number of carbonyl (C=O) groups excluding carboxylic acids is 1. The third-order valence-electron chi connectivity index (χ3n) is 2.19. The molecule has 0 spiro atoms. The first-order chi connectivity index (χ1) is 8.78. The Hall–Kier alpha value is 0.250. The van der Waals surface area contributed by atoms with Gasteiger partial charge in [0.15, 0.2) is 0 Å². The van der Waals surface area contributed by atoms with E-state index < -0.39 is 3.12 Å². The summed E-state index contributed by atoms with van der Waals surface area (Å²) < 4.78 is -0.480. The van der Waals surface area contributed by atoms with Gasteiger partial charge in [-0.05, 0) is 18.2 Å². The van der Waals surface area contributed by atoms with E-state index in [9.17, 15) is 4.79 Å². The molecule has 0 bridgehead atoms. The zero-order chi connectivity index (χ0) is 14.2. The summed E-state index contributed by atoms with van der Waals surface area (Å²) >= 11 is 29.3. The minimum atomic E-state index is -1.63. The Bertz CT molecular complexity index is 509. The summed E-state index contributed by atoms with van der Waals surface area (Å²) in [6.07, 6.45) is 0. The van der Waals surface area contributed by atoms with E-state index in [-0.39, 0.29) is 12.7 Å². The van der Waals surface area contributed by atoms with Crippen molar-refractivity contribution in [2.75, 3.05) is 11.6 Å². The van der Waals surface area contributed by atoms with E-state index in [4.69, 9.17) is 58.0 Å². The van der Waals surface area contributed by atoms with Crippen molar-refractivity contribution in [3.05, 3.63) is 28.2 Å². The number of hydrazine groups is 1. The standard InChI is InChI=1S/C9H6Cl5N3OS/c10-6-2-1-5(3-7(6)11)16-4-15-17(8(16)18)19-9(12,13)14/h1-3,15H,4H2. The van der Waals surface area contributed by atoms with Crippen LogP contribution < -0.4 is 10.3 Å². The summed E-state index contributed by atoms with van der Waals surface area (Å²) in [5, 5.41) is 0.775. The summed E-state index contributed by atoms with van der Waals surface area (Å²) in [5.74, 6) is 0. The Morgan fingerprint density at radius 3 is 2.47 bits per heavy atom. The number of alkyl halides is 3. The average molecular weight is 381 g/mol. The summed E-state index contributed by atoms with van der Waals surface area (Å²) in [7, 11) is 0. The van der Waals surface area contributed by atoms with Crippen LogP contribution in [0.2, 0.25) is 10.0 Å². The Balaban J connectivity index is 2.15. The number of urea groups is 1. The predicted octanol–water partition coefficient (Wildman–Crippen LogP) is 4.67. The van der Waals surface area contributed by atoms with Gasteiger partial charge >= 0.3 is 6.03 Å². The van der Waals surface area contributed by atoms with Gasteiger partial charge < -0.3 is 0 Å². The normalized spacial score (nSPS) is 16.4. The average Bonchev–Trinajstić information content (AvgIpc) is 2.63. The maximum absolute atomic E-state index is 12.1. The molecule has 1 fully saturated rings. The Morgan fingerprint density at radius 2 is 1.89 bits per heavy atom. The number of amides is 2. The van der Waals surface area contributed by atoms with E-state index in [2.05, 4.69) is 5.43 Å². The van der Waals surface area contributed by atoms with Crippen molar-refractivity contribution < 1.29 is 4.79 Å². The molecule has 0 aromatic heterocycles. The van der Waals surface area contributed by atoms with Crippen LogP contribution in [0.4, 0.5) is 10.5 Å². The lowest BCUT2D eigenvalue weighted by Gasteiger charge is -2.19. The number of anilines is 1. The lowest BCUT2D eigenvalue weighted by molar-refractivity contribution is 0.236. The molecular formula is C9H6Cl5N3OS. The number of nitrogens with zero attached hydrogens (tertiary/aromatic N) is 2. The summed E-state index contributed by atoms with van der Waals surface area (Å²) in [5.41, 5.74) is 3.39. The SMILES string of the molecule is O=C1N(SC(Cl)(Cl)Cl)NCN1c1ccc(Cl)c(Cl)c1. The molecular weight excluding hydrogens is 375 g/mol. The molecule has 0 atom stereocenters. The molecule has 0 aliphatic carbocycles. The molecule has 104 valence electrons. The van der Waals surface area contributed by atoms with Gasteiger partial charge in [-0.3, -0.25) is 4.90 Å². The van der Waals surface area contributed by atoms with E-state index in [1.807, 2.05) is 0 Å². The van der Waals surface area contributed by atoms with Crippen molar-refractivity contribution >= 4 is 81.7 Å². The second-order valence-corrected chi connectivity index (χ2v) is 8.38. The minimum absolute atomic E-state index is 0.241. The van der Waals surface area contributed by atoms with Crippen LogP contribution in [0.3, 0.4) is 0 Å². The van der Waals surface area contributed by atoms with E-state index in [0.29, 0.717) is 15.7 Å². The first kappa shape index (κ1) is 15.6. The van der Waals surface area contributed by atoms with Gasteiger partial charge in [0, 0.05) is 17.6 Å². The van der Waals surface area contributed by atoms with Gasteiger partial charge in [0.05, 0.1) is 16.7 Å². The number of hydrogen-bond donors (Lipinski definition) is 1. The van der Waals surface area contributed by atoms with Gasteiger partial charge in [-0.2, -0.15) is 9.84 Å². The van der Waals surface area contributed by atoms with Crippen LogP contribution in [-0.2, 0) is 0 Å². The fourth-order valence-corrected chi connectivity index (χ4v) is 2.83. The number of nitrogens with one attached hydrogen (secondary N) is 1. The molecule has 1 N–H and O–H groups in total. The van der Waals surface area contributed by atoms with Crippen molar-refractivity contribution in [3.8, 4) is 0 Å². The Labute approximate surface area is 138 Å². The molecule has 0 radical (unpaired) electrons. The van der Waals surface area contributed by atoms with Crippen molar-refractivity contribution in [2.24, 2.45) is 0 Å². The number of hydrogen-bond acceptors (Lipinski definition) is 3. The summed E-state index contributed by atoms with van der Waals surface area (Å²) in [4.78, 5) is 13.5. The molecule has 0 unspecified atom stereocenters. The summed E-state index contributed by atoms with van der Waals surface area (Å²) in [6, 6.07) is 4.51. The quantitative estimate of drug-likeness (QED) is 0.597. The molecule has 2 rings (SSSR count). The maximum Gasteiger partial charge on any atom is 0.350 e. The zero-order valence-corrected chi connectivity index (χ0v) is 13.6. The molecule has 1 saturated heterocycles. The smallest absolute Gasteiger partial charge is 0.277 e. The van der Waals surface area contributed by atoms with Gasteiger partial charge in [0.1, 0.15) is 0 Å². The molecule has 4 nitrogen and oxygen atoms in total. The van der Waals surface area contributed by atoms with Crippen LogP contribution in [0.1, 0.15) is 0 Å². The fraction of sp³-hybridized carbons (Fsp3) is 0.222. The van der Waals surface area contributed by atoms with Crippen molar-refractivity contribution in [1.82, 2.24) is 9.84 Å². The summed E-state index contributed by atoms with van der Waals surface area (Å²) in [6.45, 7) is 0.241. The number of halogens is 5. The van der Waals surface area contributed by atoms with Crippen LogP contribution in [-0.4, -0.2) is 20.2 Å². The number of carbonyl (C=O) groups is 1. The minimum Gasteiger partial charge on any atom is -0.277 e. The molecule has 1 aromatic rings. The highest BCUT2D eigenvalue weighted by molar-refractivity contribution is 8.03. The molecule has 10 heteroatoms. The van der Waals surface area contributed by atoms with E-state index in [1.54, 1.807) is 18.2 Å². The third-order valence-corrected chi connectivity index (χ3v) is 4.22. The van der Waals surface area contributed by atoms with Crippen LogP contribution in [0.5, 0.6) is 0 Å².